The summed E-state index contributed by atoms with van der Waals surface area (Å²) in [7, 11) is 0. The van der Waals surface area contributed by atoms with Crippen LogP contribution in [0.1, 0.15) is 5.56 Å². The number of nitrogens with zero attached hydrogens (tertiary/aromatic N) is 2. The predicted molar refractivity (Wildman–Crippen MR) is 94.8 cm³/mol. The molecule has 0 unspecified atom stereocenters. The molecule has 1 aromatic heterocycles. The lowest BCUT2D eigenvalue weighted by molar-refractivity contribution is -0.112. The monoisotopic (exact) mass is 349 g/mol. The topological polar surface area (TPSA) is 86.5 Å². The van der Waals surface area contributed by atoms with Gasteiger partial charge in [-0.05, 0) is 29.8 Å². The average Bonchev–Trinajstić information content (AvgIpc) is 3.15. The minimum atomic E-state index is -0.355. The van der Waals surface area contributed by atoms with Crippen LogP contribution in [-0.4, -0.2) is 29.3 Å². The summed E-state index contributed by atoms with van der Waals surface area (Å²) in [6.07, 6.45) is 3.11. The van der Waals surface area contributed by atoms with Gasteiger partial charge < -0.3 is 13.9 Å². The third-order valence-electron chi connectivity index (χ3n) is 3.67. The molecule has 26 heavy (non-hydrogen) atoms. The van der Waals surface area contributed by atoms with Crippen LogP contribution in [0.25, 0.3) is 17.5 Å². The lowest BCUT2D eigenvalue weighted by atomic mass is 10.2. The van der Waals surface area contributed by atoms with Crippen molar-refractivity contribution in [2.75, 3.05) is 18.5 Å². The van der Waals surface area contributed by atoms with Gasteiger partial charge in [0, 0.05) is 11.6 Å². The molecule has 0 spiro atoms. The molecular formula is C19H15N3O4. The quantitative estimate of drug-likeness (QED) is 0.728. The highest BCUT2D eigenvalue weighted by molar-refractivity contribution is 6.00. The van der Waals surface area contributed by atoms with Crippen molar-refractivity contribution in [1.82, 2.24) is 10.2 Å². The number of hydrogen-bond donors (Lipinski definition) is 1. The zero-order chi connectivity index (χ0) is 17.8. The third-order valence-corrected chi connectivity index (χ3v) is 3.67. The van der Waals surface area contributed by atoms with E-state index in [-0.39, 0.29) is 17.8 Å². The Balaban J connectivity index is 1.45. The molecule has 0 atom stereocenters. The van der Waals surface area contributed by atoms with E-state index in [0.717, 1.165) is 5.56 Å². The molecule has 130 valence electrons. The van der Waals surface area contributed by atoms with Gasteiger partial charge >= 0.3 is 6.01 Å². The van der Waals surface area contributed by atoms with Crippen LogP contribution < -0.4 is 14.8 Å². The molecule has 1 amide bonds. The molecule has 0 bridgehead atoms. The van der Waals surface area contributed by atoms with Gasteiger partial charge in [0.1, 0.15) is 13.2 Å². The molecule has 0 saturated heterocycles. The van der Waals surface area contributed by atoms with Crippen molar-refractivity contribution in [3.05, 3.63) is 60.2 Å². The Morgan fingerprint density at radius 2 is 1.81 bits per heavy atom. The second kappa shape index (κ2) is 7.10. The molecule has 0 aliphatic carbocycles. The largest absolute Gasteiger partial charge is 0.486 e. The summed E-state index contributed by atoms with van der Waals surface area (Å²) in [5.74, 6) is 1.23. The van der Waals surface area contributed by atoms with Gasteiger partial charge in [0.2, 0.25) is 5.89 Å². The summed E-state index contributed by atoms with van der Waals surface area (Å²) < 4.78 is 16.5. The van der Waals surface area contributed by atoms with E-state index in [1.807, 2.05) is 30.3 Å². The Morgan fingerprint density at radius 1 is 1.00 bits per heavy atom. The molecule has 1 aliphatic heterocycles. The molecule has 0 saturated carbocycles. The van der Waals surface area contributed by atoms with Crippen LogP contribution >= 0.6 is 0 Å². The highest BCUT2D eigenvalue weighted by atomic mass is 16.6. The normalized spacial score (nSPS) is 12.9. The van der Waals surface area contributed by atoms with Gasteiger partial charge in [-0.2, -0.15) is 0 Å². The molecule has 3 aromatic rings. The smallest absolute Gasteiger partial charge is 0.322 e. The maximum atomic E-state index is 12.0. The van der Waals surface area contributed by atoms with Crippen LogP contribution in [0.5, 0.6) is 11.5 Å². The van der Waals surface area contributed by atoms with Gasteiger partial charge in [0.15, 0.2) is 11.5 Å². The molecule has 2 heterocycles. The third kappa shape index (κ3) is 3.56. The molecule has 7 nitrogen and oxygen atoms in total. The highest BCUT2D eigenvalue weighted by Gasteiger charge is 2.16. The van der Waals surface area contributed by atoms with E-state index in [1.54, 1.807) is 24.3 Å². The van der Waals surface area contributed by atoms with E-state index in [2.05, 4.69) is 15.5 Å². The minimum Gasteiger partial charge on any atom is -0.486 e. The molecule has 0 fully saturated rings. The van der Waals surface area contributed by atoms with E-state index in [9.17, 15) is 4.79 Å². The zero-order valence-corrected chi connectivity index (χ0v) is 13.7. The fraction of sp³-hybridized carbons (Fsp3) is 0.105. The van der Waals surface area contributed by atoms with E-state index >= 15 is 0 Å². The van der Waals surface area contributed by atoms with Gasteiger partial charge in [-0.3, -0.25) is 10.1 Å². The van der Waals surface area contributed by atoms with Gasteiger partial charge in [-0.1, -0.05) is 35.4 Å². The fourth-order valence-electron chi connectivity index (χ4n) is 2.45. The minimum absolute atomic E-state index is 0.0256. The van der Waals surface area contributed by atoms with Crippen LogP contribution in [0.3, 0.4) is 0 Å². The van der Waals surface area contributed by atoms with Crippen molar-refractivity contribution < 1.29 is 18.7 Å². The molecule has 7 heteroatoms. The first-order valence-electron chi connectivity index (χ1n) is 8.05. The maximum absolute atomic E-state index is 12.0. The number of carbonyl (C=O) groups is 1. The Bertz CT molecular complexity index is 950. The first-order chi connectivity index (χ1) is 12.8. The Hall–Kier alpha value is -3.61. The summed E-state index contributed by atoms with van der Waals surface area (Å²) in [4.78, 5) is 12.0. The van der Waals surface area contributed by atoms with Gasteiger partial charge in [-0.15, -0.1) is 5.10 Å². The number of ether oxygens (including phenoxy) is 2. The van der Waals surface area contributed by atoms with E-state index < -0.39 is 0 Å². The summed E-state index contributed by atoms with van der Waals surface area (Å²) in [6, 6.07) is 14.9. The number of carbonyl (C=O) groups excluding carboxylic acids is 1. The molecule has 0 radical (unpaired) electrons. The number of aromatic nitrogens is 2. The Kier molecular flexibility index (Phi) is 4.34. The van der Waals surface area contributed by atoms with Crippen molar-refractivity contribution in [1.29, 1.82) is 0 Å². The van der Waals surface area contributed by atoms with E-state index in [4.69, 9.17) is 13.9 Å². The van der Waals surface area contributed by atoms with Crippen LogP contribution in [0, 0.1) is 0 Å². The standard InChI is InChI=1S/C19H15N3O4/c23-17(9-6-13-4-2-1-3-5-13)20-19-22-21-18(26-19)14-7-8-15-16(12-14)25-11-10-24-15/h1-9,12H,10-11H2,(H,20,22,23). The number of fused-ring (bicyclic) bond motifs is 1. The number of rotatable bonds is 4. The molecular weight excluding hydrogens is 334 g/mol. The SMILES string of the molecule is O=C(C=Cc1ccccc1)Nc1nnc(-c2ccc3c(c2)OCCO3)o1. The van der Waals surface area contributed by atoms with Crippen LogP contribution in [0.4, 0.5) is 6.01 Å². The van der Waals surface area contributed by atoms with Gasteiger partial charge in [0.25, 0.3) is 5.91 Å². The number of anilines is 1. The Labute approximate surface area is 149 Å². The van der Waals surface area contributed by atoms with E-state index in [0.29, 0.717) is 30.3 Å². The van der Waals surface area contributed by atoms with E-state index in [1.165, 1.54) is 6.08 Å². The molecule has 2 aromatic carbocycles. The number of nitrogens with one attached hydrogen (secondary N) is 1. The molecule has 4 rings (SSSR count). The lowest BCUT2D eigenvalue weighted by Gasteiger charge is -2.18. The predicted octanol–water partition coefficient (Wildman–Crippen LogP) is 3.16. The summed E-state index contributed by atoms with van der Waals surface area (Å²) in [5.41, 5.74) is 1.60. The van der Waals surface area contributed by atoms with Crippen molar-refractivity contribution in [3.8, 4) is 23.0 Å². The number of benzene rings is 2. The Morgan fingerprint density at radius 3 is 2.65 bits per heavy atom. The van der Waals surface area contributed by atoms with Crippen molar-refractivity contribution in [2.45, 2.75) is 0 Å². The second-order valence-electron chi connectivity index (χ2n) is 5.50. The maximum Gasteiger partial charge on any atom is 0.322 e. The van der Waals surface area contributed by atoms with Crippen LogP contribution in [0.2, 0.25) is 0 Å². The van der Waals surface area contributed by atoms with Crippen molar-refractivity contribution >= 4 is 18.0 Å². The molecule has 1 N–H and O–H groups in total. The zero-order valence-electron chi connectivity index (χ0n) is 13.7. The summed E-state index contributed by atoms with van der Waals surface area (Å²) in [6.45, 7) is 1.02. The van der Waals surface area contributed by atoms with Crippen LogP contribution in [-0.2, 0) is 4.79 Å². The first-order valence-corrected chi connectivity index (χ1v) is 8.05. The molecule has 1 aliphatic rings. The average molecular weight is 349 g/mol. The van der Waals surface area contributed by atoms with Gasteiger partial charge in [0.05, 0.1) is 0 Å². The number of amides is 1. The second-order valence-corrected chi connectivity index (χ2v) is 5.50. The fourth-order valence-corrected chi connectivity index (χ4v) is 2.45. The summed E-state index contributed by atoms with van der Waals surface area (Å²) >= 11 is 0. The highest BCUT2D eigenvalue weighted by Crippen LogP contribution is 2.34. The van der Waals surface area contributed by atoms with Crippen molar-refractivity contribution in [2.24, 2.45) is 0 Å². The van der Waals surface area contributed by atoms with Crippen molar-refractivity contribution in [3.63, 3.8) is 0 Å². The first kappa shape index (κ1) is 15.9. The summed E-state index contributed by atoms with van der Waals surface area (Å²) in [5, 5.41) is 10.3. The van der Waals surface area contributed by atoms with Crippen LogP contribution in [0.15, 0.2) is 59.0 Å². The number of hydrogen-bond acceptors (Lipinski definition) is 6. The lowest BCUT2D eigenvalue weighted by Crippen LogP contribution is -2.15. The van der Waals surface area contributed by atoms with Gasteiger partial charge in [-0.25, -0.2) is 0 Å².